The summed E-state index contributed by atoms with van der Waals surface area (Å²) in [5.74, 6) is -0.754. The summed E-state index contributed by atoms with van der Waals surface area (Å²) in [6.45, 7) is 7.46. The summed E-state index contributed by atoms with van der Waals surface area (Å²) < 4.78 is 37.9. The molecule has 2 saturated heterocycles. The third-order valence-corrected chi connectivity index (χ3v) is 5.39. The molecular formula is C18H33N5O7S. The van der Waals surface area contributed by atoms with Gasteiger partial charge in [0.2, 0.25) is 0 Å². The number of ether oxygens (including phenoxy) is 2. The Morgan fingerprint density at radius 2 is 1.94 bits per heavy atom. The van der Waals surface area contributed by atoms with Crippen LogP contribution in [0.4, 0.5) is 4.79 Å². The molecular weight excluding hydrogens is 430 g/mol. The molecule has 0 saturated carbocycles. The number of esters is 1. The number of amides is 1. The first-order chi connectivity index (χ1) is 14.3. The van der Waals surface area contributed by atoms with Crippen LogP contribution in [0.1, 0.15) is 27.2 Å². The number of nitrogens with one attached hydrogen (secondary N) is 2. The van der Waals surface area contributed by atoms with E-state index in [0.29, 0.717) is 13.1 Å². The molecule has 12 nitrogen and oxygen atoms in total. The molecule has 31 heavy (non-hydrogen) atoms. The Bertz CT molecular complexity index is 777. The van der Waals surface area contributed by atoms with Gasteiger partial charge >= 0.3 is 12.1 Å². The second-order valence-corrected chi connectivity index (χ2v) is 10.3. The van der Waals surface area contributed by atoms with E-state index in [0.717, 1.165) is 19.3 Å². The van der Waals surface area contributed by atoms with Gasteiger partial charge < -0.3 is 20.5 Å². The van der Waals surface area contributed by atoms with Crippen molar-refractivity contribution in [1.29, 1.82) is 5.41 Å². The fourth-order valence-electron chi connectivity index (χ4n) is 3.48. The first kappa shape index (κ1) is 25.3. The molecule has 2 fully saturated rings. The Hall–Kier alpha value is -1.96. The van der Waals surface area contributed by atoms with Crippen molar-refractivity contribution in [2.75, 3.05) is 45.6 Å². The fourth-order valence-corrected chi connectivity index (χ4v) is 3.88. The van der Waals surface area contributed by atoms with E-state index in [1.807, 2.05) is 4.90 Å². The number of hydrogen-bond acceptors (Lipinski definition) is 10. The largest absolute Gasteiger partial charge is 0.458 e. The van der Waals surface area contributed by atoms with Crippen LogP contribution in [0.5, 0.6) is 0 Å². The Kier molecular flexibility index (Phi) is 8.25. The minimum absolute atomic E-state index is 0.0511. The molecule has 3 unspecified atom stereocenters. The van der Waals surface area contributed by atoms with Crippen LogP contribution in [0.25, 0.3) is 0 Å². The molecule has 178 valence electrons. The van der Waals surface area contributed by atoms with Crippen molar-refractivity contribution in [1.82, 2.24) is 15.1 Å². The molecule has 2 heterocycles. The number of rotatable bonds is 9. The highest BCUT2D eigenvalue weighted by Crippen LogP contribution is 2.23. The third kappa shape index (κ3) is 7.91. The van der Waals surface area contributed by atoms with Gasteiger partial charge in [-0.2, -0.15) is 8.42 Å². The first-order valence-corrected chi connectivity index (χ1v) is 11.9. The smallest absolute Gasteiger partial charge is 0.411 e. The molecule has 0 aliphatic carbocycles. The second kappa shape index (κ2) is 10.1. The fraction of sp³-hybridized carbons (Fsp3) is 0.833. The van der Waals surface area contributed by atoms with E-state index < -0.39 is 46.0 Å². The molecule has 13 heteroatoms. The van der Waals surface area contributed by atoms with Crippen molar-refractivity contribution in [3.63, 3.8) is 0 Å². The van der Waals surface area contributed by atoms with Crippen LogP contribution in [0.3, 0.4) is 0 Å². The number of piperazine rings is 1. The highest BCUT2D eigenvalue weighted by atomic mass is 32.2. The standard InChI is InChI=1S/C18H33N5O7S/c1-18(2,3)30-16(24)14(9-13(15(19)20)22-7-5-21-6-8-22)23-10-12(29-17(23)25)11-28-31(4,26)27/h12-14,21H,5-11H2,1-4H3,(H3,19,20). The van der Waals surface area contributed by atoms with Gasteiger partial charge in [0.15, 0.2) is 0 Å². The van der Waals surface area contributed by atoms with Gasteiger partial charge in [0.25, 0.3) is 10.1 Å². The zero-order chi connectivity index (χ0) is 23.4. The van der Waals surface area contributed by atoms with Crippen molar-refractivity contribution in [3.8, 4) is 0 Å². The maximum Gasteiger partial charge on any atom is 0.411 e. The Balaban J connectivity index is 2.22. The van der Waals surface area contributed by atoms with E-state index in [9.17, 15) is 18.0 Å². The van der Waals surface area contributed by atoms with Crippen LogP contribution in [-0.4, -0.2) is 105 Å². The highest BCUT2D eigenvalue weighted by molar-refractivity contribution is 7.85. The highest BCUT2D eigenvalue weighted by Gasteiger charge is 2.43. The average Bonchev–Trinajstić information content (AvgIpc) is 2.99. The van der Waals surface area contributed by atoms with Crippen molar-refractivity contribution >= 4 is 28.0 Å². The van der Waals surface area contributed by atoms with Gasteiger partial charge in [-0.25, -0.2) is 9.59 Å². The van der Waals surface area contributed by atoms with Crippen LogP contribution in [0.15, 0.2) is 0 Å². The molecule has 0 aromatic carbocycles. The van der Waals surface area contributed by atoms with E-state index in [1.54, 1.807) is 20.8 Å². The van der Waals surface area contributed by atoms with Gasteiger partial charge in [0.05, 0.1) is 18.8 Å². The first-order valence-electron chi connectivity index (χ1n) is 10.1. The van der Waals surface area contributed by atoms with Crippen LogP contribution in [0, 0.1) is 5.41 Å². The number of cyclic esters (lactones) is 1. The van der Waals surface area contributed by atoms with Crippen LogP contribution >= 0.6 is 0 Å². The van der Waals surface area contributed by atoms with Crippen LogP contribution < -0.4 is 11.1 Å². The van der Waals surface area contributed by atoms with E-state index in [-0.39, 0.29) is 25.4 Å². The molecule has 0 bridgehead atoms. The number of hydrogen-bond donors (Lipinski definition) is 3. The van der Waals surface area contributed by atoms with Gasteiger partial charge in [-0.05, 0) is 20.8 Å². The van der Waals surface area contributed by atoms with Gasteiger partial charge in [-0.3, -0.25) is 19.4 Å². The zero-order valence-electron chi connectivity index (χ0n) is 18.4. The summed E-state index contributed by atoms with van der Waals surface area (Å²) in [7, 11) is -3.71. The Labute approximate surface area is 183 Å². The van der Waals surface area contributed by atoms with Gasteiger partial charge in [0, 0.05) is 32.6 Å². The monoisotopic (exact) mass is 463 g/mol. The van der Waals surface area contributed by atoms with Crippen LogP contribution in [-0.2, 0) is 28.6 Å². The van der Waals surface area contributed by atoms with Crippen molar-refractivity contribution in [2.45, 2.75) is 51.0 Å². The van der Waals surface area contributed by atoms with Gasteiger partial charge in [0.1, 0.15) is 30.2 Å². The number of amidine groups is 1. The molecule has 2 aliphatic rings. The van der Waals surface area contributed by atoms with E-state index in [1.165, 1.54) is 4.90 Å². The van der Waals surface area contributed by atoms with Crippen molar-refractivity contribution in [3.05, 3.63) is 0 Å². The molecule has 1 amide bonds. The summed E-state index contributed by atoms with van der Waals surface area (Å²) in [6, 6.07) is -1.63. The summed E-state index contributed by atoms with van der Waals surface area (Å²) in [5, 5.41) is 11.3. The molecule has 0 radical (unpaired) electrons. The predicted octanol–water partition coefficient (Wildman–Crippen LogP) is -0.906. The minimum Gasteiger partial charge on any atom is -0.458 e. The van der Waals surface area contributed by atoms with Gasteiger partial charge in [-0.1, -0.05) is 0 Å². The summed E-state index contributed by atoms with van der Waals surface area (Å²) in [5.41, 5.74) is 5.05. The summed E-state index contributed by atoms with van der Waals surface area (Å²) in [6.07, 6.45) is -0.683. The lowest BCUT2D eigenvalue weighted by Crippen LogP contribution is -2.56. The lowest BCUT2D eigenvalue weighted by atomic mass is 10.0. The number of nitrogens with two attached hydrogens (primary N) is 1. The molecule has 0 spiro atoms. The van der Waals surface area contributed by atoms with E-state index in [2.05, 4.69) is 5.32 Å². The SMILES string of the molecule is CC(C)(C)OC(=O)C(CC(C(=N)N)N1CCNCC1)N1CC(COS(C)(=O)=O)OC1=O. The maximum atomic E-state index is 13.0. The molecule has 3 atom stereocenters. The predicted molar refractivity (Wildman–Crippen MR) is 112 cm³/mol. The lowest BCUT2D eigenvalue weighted by Gasteiger charge is -2.37. The Morgan fingerprint density at radius 3 is 2.45 bits per heavy atom. The average molecular weight is 464 g/mol. The van der Waals surface area contributed by atoms with Crippen molar-refractivity contribution < 1.29 is 31.7 Å². The number of nitrogens with zero attached hydrogens (tertiary/aromatic N) is 2. The number of carbonyl (C=O) groups is 2. The normalized spacial score (nSPS) is 22.6. The molecule has 2 aliphatic heterocycles. The quantitative estimate of drug-likeness (QED) is 0.169. The molecule has 4 N–H and O–H groups in total. The number of carbonyl (C=O) groups excluding carboxylic acids is 2. The van der Waals surface area contributed by atoms with E-state index in [4.69, 9.17) is 24.8 Å². The summed E-state index contributed by atoms with van der Waals surface area (Å²) in [4.78, 5) is 28.7. The van der Waals surface area contributed by atoms with Crippen molar-refractivity contribution in [2.24, 2.45) is 5.73 Å². The Morgan fingerprint density at radius 1 is 1.32 bits per heavy atom. The minimum atomic E-state index is -3.71. The maximum absolute atomic E-state index is 13.0. The molecule has 0 aromatic heterocycles. The topological polar surface area (TPSA) is 164 Å². The summed E-state index contributed by atoms with van der Waals surface area (Å²) >= 11 is 0. The zero-order valence-corrected chi connectivity index (χ0v) is 19.2. The molecule has 0 aromatic rings. The lowest BCUT2D eigenvalue weighted by molar-refractivity contribution is -0.160. The third-order valence-electron chi connectivity index (χ3n) is 4.82. The van der Waals surface area contributed by atoms with Crippen LogP contribution in [0.2, 0.25) is 0 Å². The molecule has 2 rings (SSSR count). The second-order valence-electron chi connectivity index (χ2n) is 8.69. The van der Waals surface area contributed by atoms with E-state index >= 15 is 0 Å². The van der Waals surface area contributed by atoms with Gasteiger partial charge in [-0.15, -0.1) is 0 Å².